The Morgan fingerprint density at radius 2 is 2.07 bits per heavy atom. The number of H-pyrrole nitrogens is 1. The van der Waals surface area contributed by atoms with Crippen LogP contribution in [0.1, 0.15) is 54.5 Å². The van der Waals surface area contributed by atoms with Gasteiger partial charge in [0.2, 0.25) is 0 Å². The van der Waals surface area contributed by atoms with E-state index < -0.39 is 11.7 Å². The Morgan fingerprint density at radius 3 is 2.54 bits per heavy atom. The molecule has 0 radical (unpaired) electrons. The van der Waals surface area contributed by atoms with Crippen LogP contribution in [0.5, 0.6) is 0 Å². The second kappa shape index (κ2) is 14.8. The highest BCUT2D eigenvalue weighted by molar-refractivity contribution is 7.27. The van der Waals surface area contributed by atoms with E-state index in [1.807, 2.05) is 20.8 Å². The Hall–Kier alpha value is -2.22. The van der Waals surface area contributed by atoms with E-state index in [2.05, 4.69) is 24.8 Å². The Bertz CT molecular complexity index is 704. The average Bonchev–Trinajstić information content (AvgIpc) is 3.14. The summed E-state index contributed by atoms with van der Waals surface area (Å²) in [5.74, 6) is -1.02. The van der Waals surface area contributed by atoms with Gasteiger partial charge < -0.3 is 11.1 Å². The number of hydrogen-bond acceptors (Lipinski definition) is 5. The minimum absolute atomic E-state index is 0.0417. The summed E-state index contributed by atoms with van der Waals surface area (Å²) in [4.78, 5) is 22.5. The maximum Gasteiger partial charge on any atom is 0.255 e. The van der Waals surface area contributed by atoms with Gasteiger partial charge in [-0.1, -0.05) is 20.8 Å². The normalized spacial score (nSPS) is 10.7. The number of hydrogen-bond donors (Lipinski definition) is 4. The summed E-state index contributed by atoms with van der Waals surface area (Å²) in [5, 5.41) is 9.08. The number of aldehydes is 1. The van der Waals surface area contributed by atoms with Crippen molar-refractivity contribution in [2.24, 2.45) is 5.73 Å². The molecule has 0 saturated carbocycles. The molecule has 0 aliphatic carbocycles. The molecule has 1 amide bonds. The minimum atomic E-state index is -0.511. The van der Waals surface area contributed by atoms with Gasteiger partial charge in [0.1, 0.15) is 11.5 Å². The van der Waals surface area contributed by atoms with Gasteiger partial charge >= 0.3 is 0 Å². The highest BCUT2D eigenvalue weighted by atomic mass is 31.0. The van der Waals surface area contributed by atoms with Gasteiger partial charge in [-0.05, 0) is 42.9 Å². The number of nitrogens with zero attached hydrogens (tertiary/aromatic N) is 1. The number of benzene rings is 1. The van der Waals surface area contributed by atoms with Crippen molar-refractivity contribution in [2.45, 2.75) is 39.7 Å². The van der Waals surface area contributed by atoms with E-state index >= 15 is 0 Å². The van der Waals surface area contributed by atoms with Crippen molar-refractivity contribution in [3.63, 3.8) is 0 Å². The standard InChI is InChI=1S/C11H9FN3O2P.C5H13FN2.C2H6/c12-7-1-6(2-8(18)3-7)11(17)14-9-4-13-15-10(9)5-16;1-2-5(8-6)3-4-7;1-2/h1-5H,18H2,(H,13,15)(H,14,17);5,8H,2-4,7H2,1H3;1-2H3. The van der Waals surface area contributed by atoms with Crippen molar-refractivity contribution in [3.8, 4) is 0 Å². The summed E-state index contributed by atoms with van der Waals surface area (Å²) in [5.41, 5.74) is 7.42. The second-order valence-corrected chi connectivity index (χ2v) is 6.00. The molecular weight excluding hydrogens is 387 g/mol. The van der Waals surface area contributed by atoms with E-state index in [9.17, 15) is 18.5 Å². The van der Waals surface area contributed by atoms with Crippen molar-refractivity contribution in [2.75, 3.05) is 11.9 Å². The number of rotatable bonds is 7. The summed E-state index contributed by atoms with van der Waals surface area (Å²) < 4.78 is 24.7. The molecule has 0 aliphatic heterocycles. The number of carbonyl (C=O) groups excluding carboxylic acids is 2. The van der Waals surface area contributed by atoms with Crippen LogP contribution < -0.4 is 21.9 Å². The predicted octanol–water partition coefficient (Wildman–Crippen LogP) is 2.73. The lowest BCUT2D eigenvalue weighted by Gasteiger charge is -2.06. The fraction of sp³-hybridized carbons (Fsp3) is 0.389. The first-order valence-electron chi connectivity index (χ1n) is 8.87. The lowest BCUT2D eigenvalue weighted by Crippen LogP contribution is -2.23. The molecule has 1 aromatic carbocycles. The molecule has 28 heavy (non-hydrogen) atoms. The minimum Gasteiger partial charge on any atom is -0.330 e. The monoisotopic (exact) mass is 415 g/mol. The maximum absolute atomic E-state index is 13.1. The van der Waals surface area contributed by atoms with E-state index in [1.54, 1.807) is 5.54 Å². The van der Waals surface area contributed by atoms with Gasteiger partial charge in [-0.15, -0.1) is 13.7 Å². The third-order valence-corrected chi connectivity index (χ3v) is 3.71. The topological polar surface area (TPSA) is 113 Å². The first-order valence-corrected chi connectivity index (χ1v) is 9.45. The molecule has 2 rings (SSSR count). The largest absolute Gasteiger partial charge is 0.330 e. The van der Waals surface area contributed by atoms with E-state index in [0.29, 0.717) is 24.6 Å². The molecule has 0 spiro atoms. The van der Waals surface area contributed by atoms with Crippen LogP contribution in [0.3, 0.4) is 0 Å². The number of carbonyl (C=O) groups is 2. The van der Waals surface area contributed by atoms with Crippen molar-refractivity contribution < 1.29 is 18.5 Å². The average molecular weight is 415 g/mol. The number of anilines is 1. The number of halogens is 2. The molecule has 2 aromatic rings. The zero-order chi connectivity index (χ0) is 21.5. The highest BCUT2D eigenvalue weighted by Crippen LogP contribution is 2.12. The molecule has 156 valence electrons. The summed E-state index contributed by atoms with van der Waals surface area (Å²) in [6, 6.07) is 3.88. The molecule has 1 heterocycles. The van der Waals surface area contributed by atoms with E-state index in [-0.39, 0.29) is 23.0 Å². The van der Waals surface area contributed by atoms with Crippen LogP contribution >= 0.6 is 9.24 Å². The Labute approximate surface area is 166 Å². The van der Waals surface area contributed by atoms with Gasteiger partial charge in [0.05, 0.1) is 11.9 Å². The van der Waals surface area contributed by atoms with Crippen LogP contribution in [0.4, 0.5) is 14.6 Å². The van der Waals surface area contributed by atoms with Crippen LogP contribution in [0.25, 0.3) is 0 Å². The lowest BCUT2D eigenvalue weighted by atomic mass is 10.2. The molecule has 0 bridgehead atoms. The smallest absolute Gasteiger partial charge is 0.255 e. The molecule has 10 heteroatoms. The van der Waals surface area contributed by atoms with Gasteiger partial charge in [0, 0.05) is 11.6 Å². The SMILES string of the molecule is CC.CCC(CCN)NF.O=Cc1[nH]ncc1NC(=O)c1cc(F)cc(P)c1. The molecule has 1 aromatic heterocycles. The summed E-state index contributed by atoms with van der Waals surface area (Å²) in [7, 11) is 2.31. The number of nitrogens with two attached hydrogens (primary N) is 1. The lowest BCUT2D eigenvalue weighted by molar-refractivity contribution is 0.102. The summed E-state index contributed by atoms with van der Waals surface area (Å²) in [6.07, 6.45) is 3.36. The number of aromatic amines is 1. The second-order valence-electron chi connectivity index (χ2n) is 5.33. The number of nitrogens with one attached hydrogen (secondary N) is 3. The number of aromatic nitrogens is 2. The van der Waals surface area contributed by atoms with Gasteiger partial charge in [-0.2, -0.15) is 10.6 Å². The van der Waals surface area contributed by atoms with Gasteiger partial charge in [-0.25, -0.2) is 4.39 Å². The van der Waals surface area contributed by atoms with Crippen molar-refractivity contribution >= 4 is 32.4 Å². The molecule has 0 aliphatic rings. The fourth-order valence-corrected chi connectivity index (χ4v) is 2.30. The summed E-state index contributed by atoms with van der Waals surface area (Å²) >= 11 is 0. The third kappa shape index (κ3) is 9.12. The Balaban J connectivity index is 0.000000618. The van der Waals surface area contributed by atoms with Crippen molar-refractivity contribution in [1.29, 1.82) is 0 Å². The highest BCUT2D eigenvalue weighted by Gasteiger charge is 2.11. The molecule has 7 nitrogen and oxygen atoms in total. The van der Waals surface area contributed by atoms with Crippen LogP contribution in [0.15, 0.2) is 24.4 Å². The molecule has 0 saturated heterocycles. The molecule has 2 atom stereocenters. The number of amides is 1. The zero-order valence-electron chi connectivity index (χ0n) is 16.3. The molecule has 2 unspecified atom stereocenters. The molecule has 0 fully saturated rings. The third-order valence-electron chi connectivity index (χ3n) is 3.38. The molecular formula is C18H28F2N5O2P. The zero-order valence-corrected chi connectivity index (χ0v) is 17.4. The maximum atomic E-state index is 13.1. The van der Waals surface area contributed by atoms with E-state index in [1.165, 1.54) is 18.3 Å². The molecule has 5 N–H and O–H groups in total. The van der Waals surface area contributed by atoms with E-state index in [0.717, 1.165) is 12.5 Å². The fourth-order valence-electron chi connectivity index (χ4n) is 1.96. The van der Waals surface area contributed by atoms with Crippen LogP contribution in [-0.4, -0.2) is 35.0 Å². The van der Waals surface area contributed by atoms with E-state index in [4.69, 9.17) is 5.73 Å². The van der Waals surface area contributed by atoms with Crippen LogP contribution in [-0.2, 0) is 0 Å². The first kappa shape index (κ1) is 25.8. The predicted molar refractivity (Wildman–Crippen MR) is 111 cm³/mol. The van der Waals surface area contributed by atoms with Crippen molar-refractivity contribution in [3.05, 3.63) is 41.5 Å². The van der Waals surface area contributed by atoms with Gasteiger partial charge in [-0.3, -0.25) is 14.7 Å². The Morgan fingerprint density at radius 1 is 1.39 bits per heavy atom. The van der Waals surface area contributed by atoms with Crippen LogP contribution in [0, 0.1) is 5.82 Å². The van der Waals surface area contributed by atoms with Gasteiger partial charge in [0.25, 0.3) is 5.91 Å². The van der Waals surface area contributed by atoms with Crippen molar-refractivity contribution in [1.82, 2.24) is 15.7 Å². The first-order chi connectivity index (χ1) is 13.4. The van der Waals surface area contributed by atoms with Gasteiger partial charge in [0.15, 0.2) is 6.29 Å². The quantitative estimate of drug-likeness (QED) is 0.316. The summed E-state index contributed by atoms with van der Waals surface area (Å²) in [6.45, 7) is 6.47. The Kier molecular flexibility index (Phi) is 13.6. The van der Waals surface area contributed by atoms with Crippen LogP contribution in [0.2, 0.25) is 0 Å².